The van der Waals surface area contributed by atoms with Gasteiger partial charge >= 0.3 is 0 Å². The lowest BCUT2D eigenvalue weighted by atomic mass is 9.98. The summed E-state index contributed by atoms with van der Waals surface area (Å²) < 4.78 is 1.72. The van der Waals surface area contributed by atoms with Crippen molar-refractivity contribution < 1.29 is 0 Å². The zero-order chi connectivity index (χ0) is 20.1. The minimum atomic E-state index is 0.520. The van der Waals surface area contributed by atoms with Crippen molar-refractivity contribution in [2.45, 2.75) is 43.8 Å². The summed E-state index contributed by atoms with van der Waals surface area (Å²) in [6, 6.07) is 9.98. The van der Waals surface area contributed by atoms with Crippen LogP contribution in [0.3, 0.4) is 0 Å². The molecule has 6 rings (SSSR count). The Labute approximate surface area is 173 Å². The Kier molecular flexibility index (Phi) is 4.02. The maximum atomic E-state index is 4.56. The Balaban J connectivity index is 1.30. The largest absolute Gasteiger partial charge is 0.355 e. The van der Waals surface area contributed by atoms with Gasteiger partial charge in [-0.2, -0.15) is 10.2 Å². The quantitative estimate of drug-likeness (QED) is 0.541. The van der Waals surface area contributed by atoms with Crippen LogP contribution in [0.5, 0.6) is 0 Å². The second kappa shape index (κ2) is 6.88. The highest BCUT2D eigenvalue weighted by molar-refractivity contribution is 5.97. The first-order valence-corrected chi connectivity index (χ1v) is 10.4. The minimum absolute atomic E-state index is 0.520. The van der Waals surface area contributed by atoms with E-state index in [0.29, 0.717) is 18.1 Å². The fourth-order valence-corrected chi connectivity index (χ4v) is 4.96. The number of anilines is 1. The van der Waals surface area contributed by atoms with E-state index in [0.717, 1.165) is 33.7 Å². The first-order valence-electron chi connectivity index (χ1n) is 10.4. The Bertz CT molecular complexity index is 1150. The Morgan fingerprint density at radius 2 is 1.93 bits per heavy atom. The molecule has 2 saturated heterocycles. The van der Waals surface area contributed by atoms with Crippen LogP contribution in [0.2, 0.25) is 0 Å². The van der Waals surface area contributed by atoms with Crippen LogP contribution in [0.15, 0.2) is 43.1 Å². The van der Waals surface area contributed by atoms with Gasteiger partial charge in [-0.15, -0.1) is 10.2 Å². The molecule has 9 heteroatoms. The predicted molar refractivity (Wildman–Crippen MR) is 113 cm³/mol. The van der Waals surface area contributed by atoms with E-state index in [1.54, 1.807) is 11.0 Å². The number of aromatic nitrogens is 7. The highest BCUT2D eigenvalue weighted by Crippen LogP contribution is 2.32. The number of piperidine rings is 1. The number of aromatic amines is 1. The minimum Gasteiger partial charge on any atom is -0.355 e. The molecule has 2 aliphatic rings. The van der Waals surface area contributed by atoms with E-state index in [-0.39, 0.29) is 0 Å². The molecule has 0 amide bonds. The molecule has 0 saturated carbocycles. The van der Waals surface area contributed by atoms with Gasteiger partial charge in [0.2, 0.25) is 0 Å². The molecule has 5 heterocycles. The zero-order valence-electron chi connectivity index (χ0n) is 16.7. The lowest BCUT2D eigenvalue weighted by Gasteiger charge is -2.36. The van der Waals surface area contributed by atoms with Crippen LogP contribution in [-0.2, 0) is 0 Å². The monoisotopic (exact) mass is 401 g/mol. The smallest absolute Gasteiger partial charge is 0.151 e. The average molecular weight is 401 g/mol. The SMILES string of the molecule is CN(c1ccc(-c2ccc(-n3cncn3)c3[nH]ncc23)nn1)C1C[C@H]2CC[C@@H](C1)N2. The molecular formula is C21H23N9. The highest BCUT2D eigenvalue weighted by atomic mass is 15.3. The van der Waals surface area contributed by atoms with Crippen molar-refractivity contribution in [2.24, 2.45) is 0 Å². The molecule has 0 spiro atoms. The third-order valence-corrected chi connectivity index (χ3v) is 6.54. The van der Waals surface area contributed by atoms with E-state index >= 15 is 0 Å². The van der Waals surface area contributed by atoms with Gasteiger partial charge in [0.25, 0.3) is 0 Å². The van der Waals surface area contributed by atoms with Gasteiger partial charge < -0.3 is 10.2 Å². The van der Waals surface area contributed by atoms with E-state index in [2.05, 4.69) is 53.8 Å². The van der Waals surface area contributed by atoms with Gasteiger partial charge in [-0.25, -0.2) is 9.67 Å². The molecule has 30 heavy (non-hydrogen) atoms. The van der Waals surface area contributed by atoms with Crippen molar-refractivity contribution in [3.8, 4) is 16.9 Å². The van der Waals surface area contributed by atoms with Crippen LogP contribution < -0.4 is 10.2 Å². The molecule has 0 aliphatic carbocycles. The summed E-state index contributed by atoms with van der Waals surface area (Å²) in [5.74, 6) is 0.924. The molecular weight excluding hydrogens is 378 g/mol. The predicted octanol–water partition coefficient (Wildman–Crippen LogP) is 2.32. The molecule has 2 N–H and O–H groups in total. The molecule has 2 bridgehead atoms. The van der Waals surface area contributed by atoms with Crippen LogP contribution in [0, 0.1) is 0 Å². The molecule has 2 aliphatic heterocycles. The van der Waals surface area contributed by atoms with Gasteiger partial charge in [-0.3, -0.25) is 5.10 Å². The fraction of sp³-hybridized carbons (Fsp3) is 0.381. The van der Waals surface area contributed by atoms with E-state index in [4.69, 9.17) is 0 Å². The third kappa shape index (κ3) is 2.85. The second-order valence-electron chi connectivity index (χ2n) is 8.28. The fourth-order valence-electron chi connectivity index (χ4n) is 4.96. The maximum Gasteiger partial charge on any atom is 0.151 e. The number of hydrogen-bond donors (Lipinski definition) is 2. The molecule has 3 aromatic heterocycles. The first kappa shape index (κ1) is 17.5. The molecule has 1 aromatic carbocycles. The van der Waals surface area contributed by atoms with Crippen molar-refractivity contribution in [1.29, 1.82) is 0 Å². The number of H-pyrrole nitrogens is 1. The highest BCUT2D eigenvalue weighted by Gasteiger charge is 2.35. The molecule has 0 radical (unpaired) electrons. The zero-order valence-corrected chi connectivity index (χ0v) is 16.7. The van der Waals surface area contributed by atoms with Crippen LogP contribution in [0.1, 0.15) is 25.7 Å². The van der Waals surface area contributed by atoms with Crippen molar-refractivity contribution >= 4 is 16.7 Å². The van der Waals surface area contributed by atoms with E-state index in [9.17, 15) is 0 Å². The number of fused-ring (bicyclic) bond motifs is 3. The van der Waals surface area contributed by atoms with E-state index in [1.807, 2.05) is 24.4 Å². The van der Waals surface area contributed by atoms with Crippen LogP contribution >= 0.6 is 0 Å². The summed E-state index contributed by atoms with van der Waals surface area (Å²) >= 11 is 0. The van der Waals surface area contributed by atoms with Crippen molar-refractivity contribution in [1.82, 2.24) is 40.5 Å². The summed E-state index contributed by atoms with van der Waals surface area (Å²) in [6.45, 7) is 0. The van der Waals surface area contributed by atoms with Gasteiger partial charge in [-0.05, 0) is 49.9 Å². The third-order valence-electron chi connectivity index (χ3n) is 6.54. The Morgan fingerprint density at radius 3 is 2.67 bits per heavy atom. The van der Waals surface area contributed by atoms with Crippen molar-refractivity contribution in [3.63, 3.8) is 0 Å². The van der Waals surface area contributed by atoms with Gasteiger partial charge in [0, 0.05) is 36.1 Å². The van der Waals surface area contributed by atoms with Crippen LogP contribution in [0.4, 0.5) is 5.82 Å². The van der Waals surface area contributed by atoms with Crippen molar-refractivity contribution in [3.05, 3.63) is 43.1 Å². The number of nitrogens with zero attached hydrogens (tertiary/aromatic N) is 7. The molecule has 3 atom stereocenters. The number of rotatable bonds is 4. The lowest BCUT2D eigenvalue weighted by Crippen LogP contribution is -2.47. The lowest BCUT2D eigenvalue weighted by molar-refractivity contribution is 0.353. The van der Waals surface area contributed by atoms with Gasteiger partial charge in [0.05, 0.1) is 23.1 Å². The normalized spacial score (nSPS) is 23.2. The number of hydrogen-bond acceptors (Lipinski definition) is 7. The standard InChI is InChI=1S/C21H23N9/c1-29(15-8-13-2-3-14(9-15)25-13)20-7-5-18(26-27-20)16-4-6-19(30-12-22-11-24-30)21-17(16)10-23-28-21/h4-7,10-15,25H,2-3,8-9H2,1H3,(H,23,28)/t13-,14+,15?. The molecule has 4 aromatic rings. The van der Waals surface area contributed by atoms with Crippen molar-refractivity contribution in [2.75, 3.05) is 11.9 Å². The number of nitrogens with one attached hydrogen (secondary N) is 2. The second-order valence-corrected chi connectivity index (χ2v) is 8.28. The van der Waals surface area contributed by atoms with Gasteiger partial charge in [0.15, 0.2) is 5.82 Å². The maximum absolute atomic E-state index is 4.56. The molecule has 1 unspecified atom stereocenters. The van der Waals surface area contributed by atoms with E-state index < -0.39 is 0 Å². The first-order chi connectivity index (χ1) is 14.8. The Morgan fingerprint density at radius 1 is 1.07 bits per heavy atom. The van der Waals surface area contributed by atoms with Crippen LogP contribution in [0.25, 0.3) is 27.8 Å². The summed E-state index contributed by atoms with van der Waals surface area (Å²) in [7, 11) is 2.14. The summed E-state index contributed by atoms with van der Waals surface area (Å²) in [5.41, 5.74) is 3.61. The molecule has 9 nitrogen and oxygen atoms in total. The van der Waals surface area contributed by atoms with Gasteiger partial charge in [0.1, 0.15) is 12.7 Å². The summed E-state index contributed by atoms with van der Waals surface area (Å²) in [5, 5.41) is 25.3. The van der Waals surface area contributed by atoms with Crippen LogP contribution in [-0.4, -0.2) is 60.3 Å². The van der Waals surface area contributed by atoms with E-state index in [1.165, 1.54) is 32.0 Å². The molecule has 2 fully saturated rings. The summed E-state index contributed by atoms with van der Waals surface area (Å²) in [4.78, 5) is 6.33. The number of benzene rings is 1. The average Bonchev–Trinajstić information content (AvgIpc) is 3.54. The summed E-state index contributed by atoms with van der Waals surface area (Å²) in [6.07, 6.45) is 9.95. The molecule has 152 valence electrons. The topological polar surface area (TPSA) is 100 Å². The van der Waals surface area contributed by atoms with Gasteiger partial charge in [-0.1, -0.05) is 0 Å². The Hall–Kier alpha value is -3.33.